The van der Waals surface area contributed by atoms with Crippen molar-refractivity contribution in [1.82, 2.24) is 4.90 Å². The third kappa shape index (κ3) is 4.52. The molecule has 0 aromatic heterocycles. The smallest absolute Gasteiger partial charge is 0.405 e. The molecule has 1 heterocycles. The van der Waals surface area contributed by atoms with Crippen LogP contribution in [0, 0.1) is 5.92 Å². The van der Waals surface area contributed by atoms with Crippen LogP contribution in [0.4, 0.5) is 13.2 Å². The fourth-order valence-electron chi connectivity index (χ4n) is 3.51. The Bertz CT molecular complexity index is 691. The average molecular weight is 350 g/mol. The van der Waals surface area contributed by atoms with Crippen LogP contribution in [0.5, 0.6) is 5.75 Å². The Kier molecular flexibility index (Phi) is 5.30. The molecule has 0 bridgehead atoms. The molecule has 2 aromatic carbocycles. The molecule has 0 radical (unpaired) electrons. The predicted octanol–water partition coefficient (Wildman–Crippen LogP) is 3.76. The van der Waals surface area contributed by atoms with Gasteiger partial charge in [-0.05, 0) is 24.1 Å². The van der Waals surface area contributed by atoms with Crippen molar-refractivity contribution in [3.8, 4) is 5.75 Å². The number of ether oxygens (including phenoxy) is 1. The first kappa shape index (κ1) is 17.8. The summed E-state index contributed by atoms with van der Waals surface area (Å²) in [5, 5.41) is 0. The fraction of sp³-hybridized carbons (Fsp3) is 0.368. The second kappa shape index (κ2) is 7.45. The molecule has 2 atom stereocenters. The SMILES string of the molecule is NC[C@@H]1CN(Cc2ccccc2OC(F)(F)F)C[C@H]1c1ccccc1. The van der Waals surface area contributed by atoms with Gasteiger partial charge in [0, 0.05) is 31.1 Å². The summed E-state index contributed by atoms with van der Waals surface area (Å²) in [6.07, 6.45) is -4.69. The number of nitrogens with zero attached hydrogens (tertiary/aromatic N) is 1. The number of benzene rings is 2. The third-order valence-electron chi connectivity index (χ3n) is 4.64. The highest BCUT2D eigenvalue weighted by Crippen LogP contribution is 2.34. The monoisotopic (exact) mass is 350 g/mol. The lowest BCUT2D eigenvalue weighted by molar-refractivity contribution is -0.275. The van der Waals surface area contributed by atoms with Crippen LogP contribution in [0.1, 0.15) is 17.0 Å². The van der Waals surface area contributed by atoms with Crippen molar-refractivity contribution in [3.05, 3.63) is 65.7 Å². The Balaban J connectivity index is 1.74. The summed E-state index contributed by atoms with van der Waals surface area (Å²) >= 11 is 0. The summed E-state index contributed by atoms with van der Waals surface area (Å²) in [6.45, 7) is 2.49. The van der Waals surface area contributed by atoms with Gasteiger partial charge in [0.25, 0.3) is 0 Å². The zero-order chi connectivity index (χ0) is 17.9. The summed E-state index contributed by atoms with van der Waals surface area (Å²) in [4.78, 5) is 2.15. The van der Waals surface area contributed by atoms with Gasteiger partial charge in [-0.25, -0.2) is 0 Å². The molecule has 134 valence electrons. The zero-order valence-corrected chi connectivity index (χ0v) is 13.7. The van der Waals surface area contributed by atoms with Crippen LogP contribution < -0.4 is 10.5 Å². The first-order valence-corrected chi connectivity index (χ1v) is 8.27. The third-order valence-corrected chi connectivity index (χ3v) is 4.64. The number of nitrogens with two attached hydrogens (primary N) is 1. The van der Waals surface area contributed by atoms with Crippen LogP contribution in [-0.2, 0) is 6.54 Å². The standard InChI is InChI=1S/C19H21F3N2O/c20-19(21,22)25-18-9-5-4-8-15(18)11-24-12-16(10-23)17(13-24)14-6-2-1-3-7-14/h1-9,16-17H,10-13,23H2/t16-,17+/m1/s1. The first-order valence-electron chi connectivity index (χ1n) is 8.27. The minimum atomic E-state index is -4.69. The van der Waals surface area contributed by atoms with Crippen LogP contribution in [0.15, 0.2) is 54.6 Å². The van der Waals surface area contributed by atoms with Gasteiger partial charge in [0.2, 0.25) is 0 Å². The molecule has 3 rings (SSSR count). The van der Waals surface area contributed by atoms with Crippen molar-refractivity contribution in [3.63, 3.8) is 0 Å². The Labute approximate surface area is 145 Å². The van der Waals surface area contributed by atoms with E-state index in [0.29, 0.717) is 24.6 Å². The van der Waals surface area contributed by atoms with Crippen LogP contribution in [0.25, 0.3) is 0 Å². The van der Waals surface area contributed by atoms with Crippen LogP contribution in [-0.4, -0.2) is 30.9 Å². The summed E-state index contributed by atoms with van der Waals surface area (Å²) in [7, 11) is 0. The van der Waals surface area contributed by atoms with Gasteiger partial charge < -0.3 is 10.5 Å². The van der Waals surface area contributed by atoms with Gasteiger partial charge in [-0.15, -0.1) is 13.2 Å². The van der Waals surface area contributed by atoms with Crippen molar-refractivity contribution in [2.45, 2.75) is 18.8 Å². The molecule has 1 saturated heterocycles. The molecule has 0 amide bonds. The molecule has 2 N–H and O–H groups in total. The van der Waals surface area contributed by atoms with Gasteiger partial charge in [0.05, 0.1) is 0 Å². The van der Waals surface area contributed by atoms with E-state index in [1.807, 2.05) is 18.2 Å². The number of hydrogen-bond acceptors (Lipinski definition) is 3. The zero-order valence-electron chi connectivity index (χ0n) is 13.7. The quantitative estimate of drug-likeness (QED) is 0.892. The first-order chi connectivity index (χ1) is 12.0. The fourth-order valence-corrected chi connectivity index (χ4v) is 3.51. The van der Waals surface area contributed by atoms with E-state index < -0.39 is 6.36 Å². The molecule has 1 aliphatic rings. The van der Waals surface area contributed by atoms with E-state index in [4.69, 9.17) is 5.73 Å². The normalized spacial score (nSPS) is 21.4. The molecule has 1 fully saturated rings. The molecule has 0 aliphatic carbocycles. The number of likely N-dealkylation sites (tertiary alicyclic amines) is 1. The lowest BCUT2D eigenvalue weighted by atomic mass is 9.89. The van der Waals surface area contributed by atoms with Gasteiger partial charge in [-0.1, -0.05) is 48.5 Å². The van der Waals surface area contributed by atoms with Gasteiger partial charge >= 0.3 is 6.36 Å². The van der Waals surface area contributed by atoms with Crippen LogP contribution in [0.2, 0.25) is 0 Å². The lowest BCUT2D eigenvalue weighted by Crippen LogP contribution is -2.24. The molecule has 0 unspecified atom stereocenters. The Morgan fingerprint density at radius 1 is 1.00 bits per heavy atom. The minimum Gasteiger partial charge on any atom is -0.405 e. The van der Waals surface area contributed by atoms with E-state index in [0.717, 1.165) is 13.1 Å². The van der Waals surface area contributed by atoms with Crippen molar-refractivity contribution < 1.29 is 17.9 Å². The van der Waals surface area contributed by atoms with Gasteiger partial charge in [0.1, 0.15) is 5.75 Å². The van der Waals surface area contributed by atoms with Crippen molar-refractivity contribution in [2.75, 3.05) is 19.6 Å². The number of rotatable bonds is 5. The van der Waals surface area contributed by atoms with Gasteiger partial charge in [-0.3, -0.25) is 4.90 Å². The number of halogens is 3. The number of hydrogen-bond donors (Lipinski definition) is 1. The van der Waals surface area contributed by atoms with E-state index >= 15 is 0 Å². The summed E-state index contributed by atoms with van der Waals surface area (Å²) in [6, 6.07) is 16.4. The van der Waals surface area contributed by atoms with Crippen LogP contribution >= 0.6 is 0 Å². The molecular formula is C19H21F3N2O. The van der Waals surface area contributed by atoms with Crippen molar-refractivity contribution in [2.24, 2.45) is 11.7 Å². The molecule has 25 heavy (non-hydrogen) atoms. The highest BCUT2D eigenvalue weighted by atomic mass is 19.4. The lowest BCUT2D eigenvalue weighted by Gasteiger charge is -2.19. The van der Waals surface area contributed by atoms with E-state index in [1.54, 1.807) is 18.2 Å². The van der Waals surface area contributed by atoms with E-state index in [2.05, 4.69) is 21.8 Å². The Morgan fingerprint density at radius 2 is 1.68 bits per heavy atom. The van der Waals surface area contributed by atoms with E-state index in [-0.39, 0.29) is 11.7 Å². The molecule has 0 spiro atoms. The molecule has 1 aliphatic heterocycles. The highest BCUT2D eigenvalue weighted by molar-refractivity contribution is 5.34. The molecular weight excluding hydrogens is 329 g/mol. The summed E-state index contributed by atoms with van der Waals surface area (Å²) in [5.74, 6) is 0.447. The van der Waals surface area contributed by atoms with Gasteiger partial charge in [0.15, 0.2) is 0 Å². The maximum Gasteiger partial charge on any atom is 0.573 e. The number of alkyl halides is 3. The largest absolute Gasteiger partial charge is 0.573 e. The highest BCUT2D eigenvalue weighted by Gasteiger charge is 2.35. The van der Waals surface area contributed by atoms with Crippen molar-refractivity contribution >= 4 is 0 Å². The maximum absolute atomic E-state index is 12.6. The van der Waals surface area contributed by atoms with Crippen molar-refractivity contribution in [1.29, 1.82) is 0 Å². The second-order valence-corrected chi connectivity index (χ2v) is 6.36. The van der Waals surface area contributed by atoms with Crippen LogP contribution in [0.3, 0.4) is 0 Å². The van der Waals surface area contributed by atoms with Gasteiger partial charge in [-0.2, -0.15) is 0 Å². The molecule has 2 aromatic rings. The van der Waals surface area contributed by atoms with E-state index in [9.17, 15) is 13.2 Å². The number of para-hydroxylation sites is 1. The molecule has 0 saturated carbocycles. The Hall–Kier alpha value is -2.05. The summed E-state index contributed by atoms with van der Waals surface area (Å²) in [5.41, 5.74) is 7.68. The minimum absolute atomic E-state index is 0.137. The molecule has 3 nitrogen and oxygen atoms in total. The molecule has 6 heteroatoms. The van der Waals surface area contributed by atoms with E-state index in [1.165, 1.54) is 11.6 Å². The summed E-state index contributed by atoms with van der Waals surface area (Å²) < 4.78 is 41.9. The maximum atomic E-state index is 12.6. The topological polar surface area (TPSA) is 38.5 Å². The average Bonchev–Trinajstić information content (AvgIpc) is 2.99. The Morgan fingerprint density at radius 3 is 2.36 bits per heavy atom. The predicted molar refractivity (Wildman–Crippen MR) is 90.1 cm³/mol. The second-order valence-electron chi connectivity index (χ2n) is 6.36.